The molecule has 2 aromatic rings. The van der Waals surface area contributed by atoms with Crippen molar-refractivity contribution in [1.29, 1.82) is 0 Å². The van der Waals surface area contributed by atoms with E-state index in [-0.39, 0.29) is 12.0 Å². The first-order valence-electron chi connectivity index (χ1n) is 9.29. The van der Waals surface area contributed by atoms with Crippen molar-refractivity contribution in [3.63, 3.8) is 0 Å². The molecule has 1 atom stereocenters. The van der Waals surface area contributed by atoms with E-state index in [4.69, 9.17) is 9.47 Å². The van der Waals surface area contributed by atoms with Crippen LogP contribution in [-0.2, 0) is 22.7 Å². The van der Waals surface area contributed by atoms with Gasteiger partial charge in [0, 0.05) is 19.7 Å². The molecule has 1 fully saturated rings. The van der Waals surface area contributed by atoms with Crippen LogP contribution >= 0.6 is 11.8 Å². The van der Waals surface area contributed by atoms with Gasteiger partial charge in [0.05, 0.1) is 11.9 Å². The SMILES string of the molecule is CCn1c(COc2ccccc2C)nnc1SCC(=O)NCC1CCCO1. The molecular formula is C19H26N4O3S. The van der Waals surface area contributed by atoms with Crippen molar-refractivity contribution in [3.8, 4) is 5.75 Å². The monoisotopic (exact) mass is 390 g/mol. The predicted molar refractivity (Wildman–Crippen MR) is 104 cm³/mol. The summed E-state index contributed by atoms with van der Waals surface area (Å²) in [5.74, 6) is 1.89. The van der Waals surface area contributed by atoms with Crippen LogP contribution in [0.3, 0.4) is 0 Å². The van der Waals surface area contributed by atoms with Crippen LogP contribution in [0.4, 0.5) is 0 Å². The highest BCUT2D eigenvalue weighted by Crippen LogP contribution is 2.20. The number of hydrogen-bond acceptors (Lipinski definition) is 6. The molecule has 1 N–H and O–H groups in total. The molecule has 0 saturated carbocycles. The third-order valence-corrected chi connectivity index (χ3v) is 5.41. The third kappa shape index (κ3) is 5.46. The van der Waals surface area contributed by atoms with Gasteiger partial charge in [-0.3, -0.25) is 4.79 Å². The summed E-state index contributed by atoms with van der Waals surface area (Å²) < 4.78 is 13.4. The summed E-state index contributed by atoms with van der Waals surface area (Å²) in [4.78, 5) is 12.1. The van der Waals surface area contributed by atoms with Crippen molar-refractivity contribution >= 4 is 17.7 Å². The summed E-state index contributed by atoms with van der Waals surface area (Å²) in [7, 11) is 0. The summed E-state index contributed by atoms with van der Waals surface area (Å²) in [6, 6.07) is 7.88. The second-order valence-corrected chi connectivity index (χ2v) is 7.37. The maximum absolute atomic E-state index is 12.1. The molecule has 1 amide bonds. The summed E-state index contributed by atoms with van der Waals surface area (Å²) in [5, 5.41) is 12.1. The first-order chi connectivity index (χ1) is 13.2. The number of amides is 1. The minimum atomic E-state index is -0.0149. The van der Waals surface area contributed by atoms with E-state index in [2.05, 4.69) is 15.5 Å². The minimum absolute atomic E-state index is 0.0149. The zero-order valence-corrected chi connectivity index (χ0v) is 16.6. The van der Waals surface area contributed by atoms with Gasteiger partial charge in [-0.25, -0.2) is 0 Å². The number of aryl methyl sites for hydroxylation is 1. The number of nitrogens with zero attached hydrogens (tertiary/aromatic N) is 3. The molecule has 0 aliphatic carbocycles. The highest BCUT2D eigenvalue weighted by molar-refractivity contribution is 7.99. The topological polar surface area (TPSA) is 78.3 Å². The molecule has 0 radical (unpaired) electrons. The number of aromatic nitrogens is 3. The fraction of sp³-hybridized carbons (Fsp3) is 0.526. The van der Waals surface area contributed by atoms with E-state index in [1.807, 2.05) is 42.7 Å². The molecule has 7 nitrogen and oxygen atoms in total. The number of benzene rings is 1. The quantitative estimate of drug-likeness (QED) is 0.663. The molecule has 1 aromatic carbocycles. The van der Waals surface area contributed by atoms with Gasteiger partial charge in [-0.15, -0.1) is 10.2 Å². The number of carbonyl (C=O) groups is 1. The second kappa shape index (κ2) is 9.75. The van der Waals surface area contributed by atoms with Gasteiger partial charge in [0.2, 0.25) is 5.91 Å². The van der Waals surface area contributed by atoms with E-state index in [9.17, 15) is 4.79 Å². The summed E-state index contributed by atoms with van der Waals surface area (Å²) in [6.07, 6.45) is 2.24. The first-order valence-corrected chi connectivity index (χ1v) is 10.3. The number of thioether (sulfide) groups is 1. The molecule has 3 rings (SSSR count). The van der Waals surface area contributed by atoms with E-state index in [1.54, 1.807) is 0 Å². The Labute approximate surface area is 163 Å². The standard InChI is InChI=1S/C19H26N4O3S/c1-3-23-17(12-26-16-9-5-4-7-14(16)2)21-22-19(23)27-13-18(24)20-11-15-8-6-10-25-15/h4-5,7,9,15H,3,6,8,10-13H2,1-2H3,(H,20,24). The van der Waals surface area contributed by atoms with Crippen LogP contribution in [0.15, 0.2) is 29.4 Å². The number of para-hydroxylation sites is 1. The van der Waals surface area contributed by atoms with Crippen molar-refractivity contribution < 1.29 is 14.3 Å². The molecule has 1 aliphatic rings. The van der Waals surface area contributed by atoms with Crippen molar-refractivity contribution in [1.82, 2.24) is 20.1 Å². The molecule has 27 heavy (non-hydrogen) atoms. The van der Waals surface area contributed by atoms with Gasteiger partial charge in [-0.2, -0.15) is 0 Å². The maximum Gasteiger partial charge on any atom is 0.230 e. The largest absolute Gasteiger partial charge is 0.485 e. The van der Waals surface area contributed by atoms with Crippen LogP contribution in [0.5, 0.6) is 5.75 Å². The number of ether oxygens (including phenoxy) is 2. The van der Waals surface area contributed by atoms with Gasteiger partial charge in [-0.05, 0) is 38.3 Å². The van der Waals surface area contributed by atoms with Crippen LogP contribution in [0.2, 0.25) is 0 Å². The molecule has 0 spiro atoms. The van der Waals surface area contributed by atoms with Gasteiger partial charge in [0.1, 0.15) is 12.4 Å². The molecular weight excluding hydrogens is 364 g/mol. The van der Waals surface area contributed by atoms with Crippen molar-refractivity contribution in [2.45, 2.75) is 51.1 Å². The summed E-state index contributed by atoms with van der Waals surface area (Å²) >= 11 is 1.39. The Bertz CT molecular complexity index is 759. The third-order valence-electron chi connectivity index (χ3n) is 4.44. The van der Waals surface area contributed by atoms with Crippen LogP contribution in [0.1, 0.15) is 31.2 Å². The molecule has 0 bridgehead atoms. The normalized spacial score (nSPS) is 16.4. The van der Waals surface area contributed by atoms with E-state index in [1.165, 1.54) is 11.8 Å². The van der Waals surface area contributed by atoms with Gasteiger partial charge in [0.15, 0.2) is 11.0 Å². The van der Waals surface area contributed by atoms with Crippen molar-refractivity contribution in [2.75, 3.05) is 18.9 Å². The van der Waals surface area contributed by atoms with E-state index >= 15 is 0 Å². The fourth-order valence-corrected chi connectivity index (χ4v) is 3.78. The summed E-state index contributed by atoms with van der Waals surface area (Å²) in [5.41, 5.74) is 1.08. The van der Waals surface area contributed by atoms with Gasteiger partial charge in [-0.1, -0.05) is 30.0 Å². The van der Waals surface area contributed by atoms with E-state index in [0.717, 1.165) is 48.3 Å². The molecule has 1 saturated heterocycles. The van der Waals surface area contributed by atoms with Crippen LogP contribution in [0.25, 0.3) is 0 Å². The van der Waals surface area contributed by atoms with Gasteiger partial charge >= 0.3 is 0 Å². The maximum atomic E-state index is 12.1. The second-order valence-electron chi connectivity index (χ2n) is 6.43. The molecule has 8 heteroatoms. The van der Waals surface area contributed by atoms with Gasteiger partial charge in [0.25, 0.3) is 0 Å². The fourth-order valence-electron chi connectivity index (χ4n) is 2.93. The van der Waals surface area contributed by atoms with Gasteiger partial charge < -0.3 is 19.4 Å². The molecule has 1 aromatic heterocycles. The van der Waals surface area contributed by atoms with Crippen molar-refractivity contribution in [3.05, 3.63) is 35.7 Å². The lowest BCUT2D eigenvalue weighted by Gasteiger charge is -2.11. The summed E-state index contributed by atoms with van der Waals surface area (Å²) in [6.45, 7) is 6.48. The average molecular weight is 391 g/mol. The Morgan fingerprint density at radius 3 is 3.00 bits per heavy atom. The Morgan fingerprint density at radius 1 is 1.41 bits per heavy atom. The predicted octanol–water partition coefficient (Wildman–Crippen LogP) is 2.57. The lowest BCUT2D eigenvalue weighted by Crippen LogP contribution is -2.32. The van der Waals surface area contributed by atoms with Crippen LogP contribution in [-0.4, -0.2) is 45.7 Å². The van der Waals surface area contributed by atoms with Crippen LogP contribution < -0.4 is 10.1 Å². The Morgan fingerprint density at radius 2 is 2.26 bits per heavy atom. The minimum Gasteiger partial charge on any atom is -0.485 e. The molecule has 2 heterocycles. The average Bonchev–Trinajstić information content (AvgIpc) is 3.33. The van der Waals surface area contributed by atoms with Crippen molar-refractivity contribution in [2.24, 2.45) is 0 Å². The smallest absolute Gasteiger partial charge is 0.230 e. The Balaban J connectivity index is 1.50. The highest BCUT2D eigenvalue weighted by atomic mass is 32.2. The number of rotatable bonds is 9. The number of carbonyl (C=O) groups excluding carboxylic acids is 1. The molecule has 1 aliphatic heterocycles. The van der Waals surface area contributed by atoms with Crippen LogP contribution in [0, 0.1) is 6.92 Å². The number of nitrogens with one attached hydrogen (secondary N) is 1. The lowest BCUT2D eigenvalue weighted by molar-refractivity contribution is -0.119. The number of hydrogen-bond donors (Lipinski definition) is 1. The molecule has 1 unspecified atom stereocenters. The highest BCUT2D eigenvalue weighted by Gasteiger charge is 2.17. The Kier molecular flexibility index (Phi) is 7.11. The zero-order chi connectivity index (χ0) is 19.1. The van der Waals surface area contributed by atoms with E-state index < -0.39 is 0 Å². The zero-order valence-electron chi connectivity index (χ0n) is 15.8. The Hall–Kier alpha value is -2.06. The lowest BCUT2D eigenvalue weighted by atomic mass is 10.2. The molecule has 146 valence electrons. The van der Waals surface area contributed by atoms with E-state index in [0.29, 0.717) is 18.9 Å². The first kappa shape index (κ1) is 19.7.